The van der Waals surface area contributed by atoms with Gasteiger partial charge in [-0.25, -0.2) is 0 Å². The summed E-state index contributed by atoms with van der Waals surface area (Å²) in [7, 11) is 0. The summed E-state index contributed by atoms with van der Waals surface area (Å²) in [5, 5.41) is 0. The Labute approximate surface area is 85.1 Å². The van der Waals surface area contributed by atoms with E-state index in [2.05, 4.69) is 0 Å². The molecule has 14 heavy (non-hydrogen) atoms. The van der Waals surface area contributed by atoms with Gasteiger partial charge in [-0.15, -0.1) is 0 Å². The van der Waals surface area contributed by atoms with Gasteiger partial charge >= 0.3 is 0 Å². The Kier molecular flexibility index (Phi) is 2.71. The van der Waals surface area contributed by atoms with Crippen molar-refractivity contribution < 1.29 is 9.59 Å². The lowest BCUT2D eigenvalue weighted by atomic mass is 9.54. The first-order valence-corrected chi connectivity index (χ1v) is 5.68. The summed E-state index contributed by atoms with van der Waals surface area (Å²) in [6, 6.07) is 0. The van der Waals surface area contributed by atoms with E-state index in [4.69, 9.17) is 0 Å². The predicted octanol–water partition coefficient (Wildman–Crippen LogP) is 2.36. The van der Waals surface area contributed by atoms with Crippen LogP contribution in [0.25, 0.3) is 0 Å². The van der Waals surface area contributed by atoms with Crippen LogP contribution in [0.5, 0.6) is 0 Å². The average molecular weight is 194 g/mol. The monoisotopic (exact) mass is 194 g/mol. The molecule has 3 fully saturated rings. The fourth-order valence-electron chi connectivity index (χ4n) is 3.64. The molecular weight excluding hydrogens is 176 g/mol. The maximum absolute atomic E-state index is 10.7. The van der Waals surface area contributed by atoms with Gasteiger partial charge in [0.25, 0.3) is 0 Å². The lowest BCUT2D eigenvalue weighted by Gasteiger charge is -2.50. The smallest absolute Gasteiger partial charge is 0.120 e. The minimum absolute atomic E-state index is 0.0602. The summed E-state index contributed by atoms with van der Waals surface area (Å²) in [6.45, 7) is 0. The van der Waals surface area contributed by atoms with E-state index in [0.717, 1.165) is 24.9 Å². The second-order valence-electron chi connectivity index (χ2n) is 5.03. The molecular formula is C12H18O2. The minimum atomic E-state index is 0.0602. The van der Waals surface area contributed by atoms with Gasteiger partial charge in [-0.2, -0.15) is 0 Å². The molecule has 0 aromatic rings. The normalized spacial score (nSPS) is 34.0. The molecule has 0 aliphatic heterocycles. The molecule has 0 N–H and O–H groups in total. The summed E-state index contributed by atoms with van der Waals surface area (Å²) >= 11 is 0. The molecule has 0 amide bonds. The lowest BCUT2D eigenvalue weighted by Crippen LogP contribution is -2.42. The molecule has 3 saturated carbocycles. The highest BCUT2D eigenvalue weighted by molar-refractivity contribution is 5.56. The third-order valence-corrected chi connectivity index (χ3v) is 4.39. The first-order valence-electron chi connectivity index (χ1n) is 5.68. The predicted molar refractivity (Wildman–Crippen MR) is 53.9 cm³/mol. The molecule has 3 rings (SSSR count). The zero-order valence-corrected chi connectivity index (χ0v) is 8.58. The van der Waals surface area contributed by atoms with Crippen molar-refractivity contribution in [2.45, 2.75) is 44.9 Å². The highest BCUT2D eigenvalue weighted by atomic mass is 16.1. The number of hydrogen-bond donors (Lipinski definition) is 0. The standard InChI is InChI=1S/C12H18O2/c13-7-5-12(6-8-14)9-10-1-3-11(12)4-2-10/h7-8,10-11H,1-6,9H2. The van der Waals surface area contributed by atoms with Gasteiger partial charge in [0.2, 0.25) is 0 Å². The first-order chi connectivity index (χ1) is 6.80. The Bertz CT molecular complexity index is 216. The molecule has 0 aromatic heterocycles. The summed E-state index contributed by atoms with van der Waals surface area (Å²) in [4.78, 5) is 21.4. The van der Waals surface area contributed by atoms with Crippen molar-refractivity contribution in [3.05, 3.63) is 0 Å². The number of carbonyl (C=O) groups excluding carboxylic acids is 2. The van der Waals surface area contributed by atoms with Crippen LogP contribution in [0.3, 0.4) is 0 Å². The number of rotatable bonds is 4. The van der Waals surface area contributed by atoms with E-state index < -0.39 is 0 Å². The molecule has 0 spiro atoms. The molecule has 2 nitrogen and oxygen atoms in total. The van der Waals surface area contributed by atoms with Crippen LogP contribution in [0.15, 0.2) is 0 Å². The van der Waals surface area contributed by atoms with Gasteiger partial charge in [-0.05, 0) is 36.5 Å². The van der Waals surface area contributed by atoms with Crippen molar-refractivity contribution in [3.8, 4) is 0 Å². The van der Waals surface area contributed by atoms with Gasteiger partial charge in [0, 0.05) is 12.8 Å². The molecule has 0 unspecified atom stereocenters. The number of carbonyl (C=O) groups is 2. The topological polar surface area (TPSA) is 34.1 Å². The zero-order valence-electron chi connectivity index (χ0n) is 8.58. The van der Waals surface area contributed by atoms with Crippen LogP contribution >= 0.6 is 0 Å². The summed E-state index contributed by atoms with van der Waals surface area (Å²) < 4.78 is 0. The number of fused-ring (bicyclic) bond motifs is 3. The summed E-state index contributed by atoms with van der Waals surface area (Å²) in [6.07, 6.45) is 9.50. The number of hydrogen-bond acceptors (Lipinski definition) is 2. The van der Waals surface area contributed by atoms with E-state index in [1.165, 1.54) is 25.7 Å². The van der Waals surface area contributed by atoms with Crippen molar-refractivity contribution in [1.29, 1.82) is 0 Å². The Morgan fingerprint density at radius 1 is 1.00 bits per heavy atom. The average Bonchev–Trinajstić information content (AvgIpc) is 2.20. The molecule has 3 aliphatic carbocycles. The molecule has 0 aromatic carbocycles. The molecule has 0 saturated heterocycles. The fourth-order valence-corrected chi connectivity index (χ4v) is 3.64. The van der Waals surface area contributed by atoms with E-state index in [0.29, 0.717) is 18.8 Å². The fraction of sp³-hybridized carbons (Fsp3) is 0.833. The largest absolute Gasteiger partial charge is 0.303 e. The van der Waals surface area contributed by atoms with Gasteiger partial charge in [0.1, 0.15) is 12.6 Å². The van der Waals surface area contributed by atoms with E-state index >= 15 is 0 Å². The molecule has 3 aliphatic rings. The van der Waals surface area contributed by atoms with Gasteiger partial charge in [0.05, 0.1) is 0 Å². The van der Waals surface area contributed by atoms with Crippen molar-refractivity contribution in [1.82, 2.24) is 0 Å². The summed E-state index contributed by atoms with van der Waals surface area (Å²) in [5.41, 5.74) is 0.0602. The molecule has 0 heterocycles. The summed E-state index contributed by atoms with van der Waals surface area (Å²) in [5.74, 6) is 1.43. The number of aldehydes is 2. The third kappa shape index (κ3) is 1.51. The van der Waals surface area contributed by atoms with Crippen molar-refractivity contribution in [2.75, 3.05) is 0 Å². The van der Waals surface area contributed by atoms with Gasteiger partial charge in [0.15, 0.2) is 0 Å². The van der Waals surface area contributed by atoms with E-state index in [-0.39, 0.29) is 5.41 Å². The van der Waals surface area contributed by atoms with Crippen LogP contribution in [0.4, 0.5) is 0 Å². The van der Waals surface area contributed by atoms with Gasteiger partial charge < -0.3 is 9.59 Å². The third-order valence-electron chi connectivity index (χ3n) is 4.39. The van der Waals surface area contributed by atoms with Crippen LogP contribution in [-0.2, 0) is 9.59 Å². The van der Waals surface area contributed by atoms with Crippen LogP contribution in [0, 0.1) is 17.3 Å². The SMILES string of the molecule is O=CCC1(CC=O)CC2CCC1CC2. The van der Waals surface area contributed by atoms with Crippen LogP contribution in [0.1, 0.15) is 44.9 Å². The van der Waals surface area contributed by atoms with Crippen molar-refractivity contribution in [3.63, 3.8) is 0 Å². The maximum Gasteiger partial charge on any atom is 0.120 e. The minimum Gasteiger partial charge on any atom is -0.303 e. The van der Waals surface area contributed by atoms with Gasteiger partial charge in [-0.3, -0.25) is 0 Å². The highest BCUT2D eigenvalue weighted by Crippen LogP contribution is 2.55. The van der Waals surface area contributed by atoms with E-state index in [1.807, 2.05) is 0 Å². The van der Waals surface area contributed by atoms with Crippen molar-refractivity contribution in [2.24, 2.45) is 17.3 Å². The molecule has 0 radical (unpaired) electrons. The Morgan fingerprint density at radius 3 is 1.93 bits per heavy atom. The molecule has 2 heteroatoms. The van der Waals surface area contributed by atoms with Crippen LogP contribution < -0.4 is 0 Å². The second-order valence-corrected chi connectivity index (χ2v) is 5.03. The van der Waals surface area contributed by atoms with Crippen molar-refractivity contribution >= 4 is 12.6 Å². The highest BCUT2D eigenvalue weighted by Gasteiger charge is 2.46. The second kappa shape index (κ2) is 3.84. The molecule has 2 bridgehead atoms. The lowest BCUT2D eigenvalue weighted by molar-refractivity contribution is -0.118. The quantitative estimate of drug-likeness (QED) is 0.644. The van der Waals surface area contributed by atoms with E-state index in [9.17, 15) is 9.59 Å². The van der Waals surface area contributed by atoms with E-state index in [1.54, 1.807) is 0 Å². The maximum atomic E-state index is 10.7. The van der Waals surface area contributed by atoms with Crippen LogP contribution in [-0.4, -0.2) is 12.6 Å². The van der Waals surface area contributed by atoms with Gasteiger partial charge in [-0.1, -0.05) is 12.8 Å². The zero-order chi connectivity index (χ0) is 10.0. The Morgan fingerprint density at radius 2 is 1.57 bits per heavy atom. The Hall–Kier alpha value is -0.660. The molecule has 78 valence electrons. The van der Waals surface area contributed by atoms with Crippen LogP contribution in [0.2, 0.25) is 0 Å². The first kappa shape index (κ1) is 9.88. The molecule has 0 atom stereocenters. The Balaban J connectivity index is 2.16.